The average molecular weight is 340 g/mol. The summed E-state index contributed by atoms with van der Waals surface area (Å²) in [7, 11) is 0. The van der Waals surface area contributed by atoms with Crippen molar-refractivity contribution in [1.29, 1.82) is 0 Å². The van der Waals surface area contributed by atoms with Crippen LogP contribution in [0.1, 0.15) is 12.5 Å². The summed E-state index contributed by atoms with van der Waals surface area (Å²) in [6.07, 6.45) is 0.225. The van der Waals surface area contributed by atoms with Crippen LogP contribution in [0.15, 0.2) is 57.9 Å². The van der Waals surface area contributed by atoms with Gasteiger partial charge < -0.3 is 19.0 Å². The highest BCUT2D eigenvalue weighted by Gasteiger charge is 2.14. The number of ether oxygens (including phenoxy) is 2. The largest absolute Gasteiger partial charge is 0.479 e. The van der Waals surface area contributed by atoms with E-state index in [0.29, 0.717) is 16.9 Å². The molecular formula is C19H16O6. The molecular weight excluding hydrogens is 324 g/mol. The predicted molar refractivity (Wildman–Crippen MR) is 91.5 cm³/mol. The van der Waals surface area contributed by atoms with Gasteiger partial charge in [-0.05, 0) is 38.1 Å². The van der Waals surface area contributed by atoms with E-state index < -0.39 is 12.1 Å². The molecule has 128 valence electrons. The molecule has 0 aliphatic heterocycles. The van der Waals surface area contributed by atoms with E-state index in [1.807, 2.05) is 19.1 Å². The molecule has 0 spiro atoms. The van der Waals surface area contributed by atoms with Crippen molar-refractivity contribution in [3.05, 3.63) is 64.5 Å². The third-order valence-electron chi connectivity index (χ3n) is 3.62. The average Bonchev–Trinajstić information content (AvgIpc) is 2.59. The Hall–Kier alpha value is -3.28. The Bertz CT molecular complexity index is 971. The molecule has 0 saturated heterocycles. The van der Waals surface area contributed by atoms with Gasteiger partial charge in [0.1, 0.15) is 23.3 Å². The van der Waals surface area contributed by atoms with Crippen LogP contribution < -0.4 is 14.9 Å². The lowest BCUT2D eigenvalue weighted by atomic mass is 10.2. The zero-order valence-corrected chi connectivity index (χ0v) is 13.7. The van der Waals surface area contributed by atoms with Crippen molar-refractivity contribution in [3.8, 4) is 17.2 Å². The first-order chi connectivity index (χ1) is 11.9. The van der Waals surface area contributed by atoms with E-state index in [2.05, 4.69) is 0 Å². The van der Waals surface area contributed by atoms with Crippen LogP contribution >= 0.6 is 0 Å². The van der Waals surface area contributed by atoms with Crippen LogP contribution in [-0.4, -0.2) is 17.2 Å². The SMILES string of the molecule is Cc1ccc(Oc2coc3cc(OC(C)C(=O)O)ccc3c2=O)cc1. The molecule has 0 radical (unpaired) electrons. The first-order valence-corrected chi connectivity index (χ1v) is 7.63. The fourth-order valence-corrected chi connectivity index (χ4v) is 2.22. The quantitative estimate of drug-likeness (QED) is 0.761. The van der Waals surface area contributed by atoms with Crippen LogP contribution in [0.2, 0.25) is 0 Å². The molecule has 0 aliphatic rings. The molecule has 2 aromatic carbocycles. The van der Waals surface area contributed by atoms with Crippen molar-refractivity contribution < 1.29 is 23.8 Å². The number of hydrogen-bond acceptors (Lipinski definition) is 5. The van der Waals surface area contributed by atoms with Crippen molar-refractivity contribution in [2.24, 2.45) is 0 Å². The predicted octanol–water partition coefficient (Wildman–Crippen LogP) is 3.75. The Morgan fingerprint density at radius 1 is 1.12 bits per heavy atom. The number of hydrogen-bond donors (Lipinski definition) is 1. The second-order valence-corrected chi connectivity index (χ2v) is 5.60. The molecule has 1 heterocycles. The van der Waals surface area contributed by atoms with Gasteiger partial charge in [0, 0.05) is 6.07 Å². The minimum atomic E-state index is -1.08. The summed E-state index contributed by atoms with van der Waals surface area (Å²) in [6.45, 7) is 3.38. The molecule has 0 bridgehead atoms. The van der Waals surface area contributed by atoms with Gasteiger partial charge in [-0.15, -0.1) is 0 Å². The summed E-state index contributed by atoms with van der Waals surface area (Å²) in [6, 6.07) is 11.8. The third kappa shape index (κ3) is 3.63. The number of rotatable bonds is 5. The number of aryl methyl sites for hydroxylation is 1. The number of carboxylic acids is 1. The lowest BCUT2D eigenvalue weighted by Gasteiger charge is -2.11. The highest BCUT2D eigenvalue weighted by molar-refractivity contribution is 5.79. The van der Waals surface area contributed by atoms with Crippen LogP contribution in [-0.2, 0) is 4.79 Å². The van der Waals surface area contributed by atoms with Crippen molar-refractivity contribution in [1.82, 2.24) is 0 Å². The third-order valence-corrected chi connectivity index (χ3v) is 3.62. The van der Waals surface area contributed by atoms with E-state index >= 15 is 0 Å². The zero-order chi connectivity index (χ0) is 18.0. The van der Waals surface area contributed by atoms with Gasteiger partial charge in [0.2, 0.25) is 11.2 Å². The highest BCUT2D eigenvalue weighted by Crippen LogP contribution is 2.24. The Balaban J connectivity index is 1.91. The van der Waals surface area contributed by atoms with E-state index in [1.165, 1.54) is 31.4 Å². The number of carbonyl (C=O) groups is 1. The van der Waals surface area contributed by atoms with Crippen LogP contribution in [0, 0.1) is 6.92 Å². The lowest BCUT2D eigenvalue weighted by molar-refractivity contribution is -0.144. The second-order valence-electron chi connectivity index (χ2n) is 5.60. The number of fused-ring (bicyclic) bond motifs is 1. The van der Waals surface area contributed by atoms with Gasteiger partial charge in [0.25, 0.3) is 0 Å². The molecule has 0 fully saturated rings. The number of aliphatic carboxylic acids is 1. The van der Waals surface area contributed by atoms with Crippen molar-refractivity contribution in [3.63, 3.8) is 0 Å². The summed E-state index contributed by atoms with van der Waals surface area (Å²) in [5.74, 6) is -0.169. The molecule has 6 nitrogen and oxygen atoms in total. The fraction of sp³-hybridized carbons (Fsp3) is 0.158. The van der Waals surface area contributed by atoms with Crippen LogP contribution in [0.5, 0.6) is 17.2 Å². The van der Waals surface area contributed by atoms with Crippen LogP contribution in [0.3, 0.4) is 0 Å². The molecule has 0 aliphatic carbocycles. The van der Waals surface area contributed by atoms with Gasteiger partial charge in [-0.2, -0.15) is 0 Å². The molecule has 6 heteroatoms. The fourth-order valence-electron chi connectivity index (χ4n) is 2.22. The normalized spacial score (nSPS) is 11.9. The topological polar surface area (TPSA) is 86.0 Å². The summed E-state index contributed by atoms with van der Waals surface area (Å²) >= 11 is 0. The first-order valence-electron chi connectivity index (χ1n) is 7.63. The standard InChI is InChI=1S/C19H16O6/c1-11-3-5-13(6-4-11)25-17-10-23-16-9-14(24-12(2)19(21)22)7-8-15(16)18(17)20/h3-10,12H,1-2H3,(H,21,22). The van der Waals surface area contributed by atoms with Gasteiger partial charge in [-0.25, -0.2) is 4.79 Å². The first kappa shape index (κ1) is 16.6. The van der Waals surface area contributed by atoms with Gasteiger partial charge >= 0.3 is 5.97 Å². The minimum absolute atomic E-state index is 0.0731. The van der Waals surface area contributed by atoms with E-state index in [4.69, 9.17) is 19.0 Å². The van der Waals surface area contributed by atoms with E-state index in [1.54, 1.807) is 12.1 Å². The zero-order valence-electron chi connectivity index (χ0n) is 13.7. The Kier molecular flexibility index (Phi) is 4.43. The van der Waals surface area contributed by atoms with Crippen LogP contribution in [0.4, 0.5) is 0 Å². The molecule has 1 atom stereocenters. The van der Waals surface area contributed by atoms with Crippen LogP contribution in [0.25, 0.3) is 11.0 Å². The van der Waals surface area contributed by atoms with E-state index in [-0.39, 0.29) is 16.8 Å². The Morgan fingerprint density at radius 3 is 2.48 bits per heavy atom. The van der Waals surface area contributed by atoms with Crippen molar-refractivity contribution >= 4 is 16.9 Å². The highest BCUT2D eigenvalue weighted by atomic mass is 16.5. The van der Waals surface area contributed by atoms with Gasteiger partial charge in [0.15, 0.2) is 6.10 Å². The summed E-state index contributed by atoms with van der Waals surface area (Å²) in [4.78, 5) is 23.4. The minimum Gasteiger partial charge on any atom is -0.479 e. The molecule has 3 rings (SSSR count). The van der Waals surface area contributed by atoms with Gasteiger partial charge in [-0.3, -0.25) is 4.79 Å². The summed E-state index contributed by atoms with van der Waals surface area (Å²) < 4.78 is 16.3. The Labute approximate surface area is 143 Å². The second kappa shape index (κ2) is 6.68. The maximum Gasteiger partial charge on any atom is 0.344 e. The molecule has 3 aromatic rings. The monoisotopic (exact) mass is 340 g/mol. The van der Waals surface area contributed by atoms with Gasteiger partial charge in [-0.1, -0.05) is 17.7 Å². The Morgan fingerprint density at radius 2 is 1.80 bits per heavy atom. The number of carboxylic acid groups (broad SMARTS) is 1. The molecule has 0 saturated carbocycles. The maximum atomic E-state index is 12.5. The van der Waals surface area contributed by atoms with Crippen molar-refractivity contribution in [2.75, 3.05) is 0 Å². The lowest BCUT2D eigenvalue weighted by Crippen LogP contribution is -2.22. The molecule has 0 amide bonds. The smallest absolute Gasteiger partial charge is 0.344 e. The van der Waals surface area contributed by atoms with E-state index in [0.717, 1.165) is 5.56 Å². The molecule has 1 aromatic heterocycles. The van der Waals surface area contributed by atoms with Crippen molar-refractivity contribution in [2.45, 2.75) is 20.0 Å². The maximum absolute atomic E-state index is 12.5. The van der Waals surface area contributed by atoms with Gasteiger partial charge in [0.05, 0.1) is 5.39 Å². The number of benzene rings is 2. The molecule has 25 heavy (non-hydrogen) atoms. The summed E-state index contributed by atoms with van der Waals surface area (Å²) in [5, 5.41) is 9.20. The summed E-state index contributed by atoms with van der Waals surface area (Å²) in [5.41, 5.74) is 1.05. The molecule has 1 N–H and O–H groups in total. The molecule has 1 unspecified atom stereocenters. The van der Waals surface area contributed by atoms with E-state index in [9.17, 15) is 9.59 Å².